The summed E-state index contributed by atoms with van der Waals surface area (Å²) in [4.78, 5) is 23.8. The average molecular weight is 387 g/mol. The fourth-order valence-electron chi connectivity index (χ4n) is 4.75. The number of hydrogen-bond donors (Lipinski definition) is 2. The van der Waals surface area contributed by atoms with Crippen LogP contribution in [0.3, 0.4) is 0 Å². The first-order chi connectivity index (χ1) is 13.2. The van der Waals surface area contributed by atoms with E-state index >= 15 is 0 Å². The molecule has 1 aromatic carbocycles. The Balaban J connectivity index is 1.84. The van der Waals surface area contributed by atoms with Gasteiger partial charge in [0.05, 0.1) is 12.2 Å². The molecule has 0 spiro atoms. The van der Waals surface area contributed by atoms with E-state index in [1.807, 2.05) is 38.1 Å². The monoisotopic (exact) mass is 386 g/mol. The van der Waals surface area contributed by atoms with E-state index in [0.717, 1.165) is 30.5 Å². The minimum atomic E-state index is -0.272. The van der Waals surface area contributed by atoms with Gasteiger partial charge in [0, 0.05) is 36.4 Å². The van der Waals surface area contributed by atoms with Crippen LogP contribution < -0.4 is 10.6 Å². The molecular formula is C23H34N2O3. The standard InChI is InChI=1S/C23H34N2O3/c1-14(2)22(27)25-23(5)13-21(28-20-12-15(3)6-11-19(20)23)17-7-9-18(10-8-17)24-16(4)26/h7-10,14-15,19-21H,6,11-13H2,1-5H3,(H,24,26)(H,25,27)/t15-,19-,20-,21-,23-/m1/s1. The summed E-state index contributed by atoms with van der Waals surface area (Å²) in [7, 11) is 0. The molecule has 2 aliphatic rings. The van der Waals surface area contributed by atoms with E-state index in [9.17, 15) is 9.59 Å². The minimum Gasteiger partial charge on any atom is -0.370 e. The summed E-state index contributed by atoms with van der Waals surface area (Å²) in [5, 5.41) is 6.17. The van der Waals surface area contributed by atoms with Crippen molar-refractivity contribution in [2.75, 3.05) is 5.32 Å². The molecule has 1 aliphatic heterocycles. The number of carbonyl (C=O) groups excluding carboxylic acids is 2. The van der Waals surface area contributed by atoms with E-state index in [1.54, 1.807) is 0 Å². The van der Waals surface area contributed by atoms with Crippen molar-refractivity contribution in [1.29, 1.82) is 0 Å². The molecule has 2 fully saturated rings. The third-order valence-corrected chi connectivity index (χ3v) is 6.36. The lowest BCUT2D eigenvalue weighted by Gasteiger charge is -2.52. The van der Waals surface area contributed by atoms with E-state index in [1.165, 1.54) is 13.3 Å². The van der Waals surface area contributed by atoms with Gasteiger partial charge in [0.2, 0.25) is 11.8 Å². The summed E-state index contributed by atoms with van der Waals surface area (Å²) in [6, 6.07) is 7.87. The third-order valence-electron chi connectivity index (χ3n) is 6.36. The average Bonchev–Trinajstić information content (AvgIpc) is 2.61. The van der Waals surface area contributed by atoms with Crippen molar-refractivity contribution in [1.82, 2.24) is 5.32 Å². The van der Waals surface area contributed by atoms with Gasteiger partial charge in [0.1, 0.15) is 0 Å². The first kappa shape index (κ1) is 20.8. The van der Waals surface area contributed by atoms with E-state index < -0.39 is 0 Å². The van der Waals surface area contributed by atoms with Gasteiger partial charge in [-0.05, 0) is 43.4 Å². The number of benzene rings is 1. The molecule has 2 amide bonds. The fourth-order valence-corrected chi connectivity index (χ4v) is 4.75. The van der Waals surface area contributed by atoms with Crippen molar-refractivity contribution in [2.45, 2.75) is 78.0 Å². The Morgan fingerprint density at radius 2 is 1.86 bits per heavy atom. The molecule has 1 heterocycles. The van der Waals surface area contributed by atoms with Gasteiger partial charge in [-0.25, -0.2) is 0 Å². The predicted molar refractivity (Wildman–Crippen MR) is 111 cm³/mol. The highest BCUT2D eigenvalue weighted by molar-refractivity contribution is 5.88. The molecule has 1 saturated carbocycles. The number of fused-ring (bicyclic) bond motifs is 1. The van der Waals surface area contributed by atoms with Crippen LogP contribution in [0.25, 0.3) is 0 Å². The Labute approximate surface area is 168 Å². The highest BCUT2D eigenvalue weighted by Gasteiger charge is 2.49. The maximum Gasteiger partial charge on any atom is 0.222 e. The zero-order chi connectivity index (χ0) is 20.5. The summed E-state index contributed by atoms with van der Waals surface area (Å²) in [5.41, 5.74) is 1.61. The molecule has 1 aliphatic carbocycles. The number of carbonyl (C=O) groups is 2. The van der Waals surface area contributed by atoms with Crippen LogP contribution in [0.5, 0.6) is 0 Å². The molecule has 0 bridgehead atoms. The van der Waals surface area contributed by atoms with Crippen LogP contribution in [0.4, 0.5) is 5.69 Å². The molecule has 2 N–H and O–H groups in total. The van der Waals surface area contributed by atoms with Crippen LogP contribution in [-0.4, -0.2) is 23.5 Å². The molecule has 3 rings (SSSR count). The molecule has 5 heteroatoms. The second-order valence-corrected chi connectivity index (χ2v) is 9.26. The van der Waals surface area contributed by atoms with Crippen LogP contribution >= 0.6 is 0 Å². The van der Waals surface area contributed by atoms with Crippen LogP contribution in [-0.2, 0) is 14.3 Å². The Morgan fingerprint density at radius 3 is 2.46 bits per heavy atom. The largest absolute Gasteiger partial charge is 0.370 e. The summed E-state index contributed by atoms with van der Waals surface area (Å²) in [6.07, 6.45) is 4.19. The van der Waals surface area contributed by atoms with Gasteiger partial charge >= 0.3 is 0 Å². The molecule has 5 atom stereocenters. The lowest BCUT2D eigenvalue weighted by Crippen LogP contribution is -2.61. The normalized spacial score (nSPS) is 32.5. The van der Waals surface area contributed by atoms with Crippen molar-refractivity contribution < 1.29 is 14.3 Å². The molecule has 5 nitrogen and oxygen atoms in total. The van der Waals surface area contributed by atoms with Crippen LogP contribution in [0.15, 0.2) is 24.3 Å². The van der Waals surface area contributed by atoms with Gasteiger partial charge in [-0.1, -0.05) is 39.3 Å². The van der Waals surface area contributed by atoms with Gasteiger partial charge in [0.15, 0.2) is 0 Å². The highest BCUT2D eigenvalue weighted by Crippen LogP contribution is 2.48. The molecule has 1 aromatic rings. The van der Waals surface area contributed by atoms with Gasteiger partial charge in [-0.15, -0.1) is 0 Å². The Morgan fingerprint density at radius 1 is 1.18 bits per heavy atom. The first-order valence-electron chi connectivity index (χ1n) is 10.5. The predicted octanol–water partition coefficient (Wildman–Crippen LogP) is 4.44. The first-order valence-corrected chi connectivity index (χ1v) is 10.5. The lowest BCUT2D eigenvalue weighted by molar-refractivity contribution is -0.155. The van der Waals surface area contributed by atoms with Gasteiger partial charge in [-0.2, -0.15) is 0 Å². The Bertz CT molecular complexity index is 715. The zero-order valence-electron chi connectivity index (χ0n) is 17.7. The van der Waals surface area contributed by atoms with E-state index in [2.05, 4.69) is 24.5 Å². The maximum atomic E-state index is 12.6. The number of anilines is 1. The van der Waals surface area contributed by atoms with Crippen molar-refractivity contribution in [3.8, 4) is 0 Å². The molecule has 0 radical (unpaired) electrons. The molecule has 28 heavy (non-hydrogen) atoms. The number of nitrogens with one attached hydrogen (secondary N) is 2. The van der Waals surface area contributed by atoms with Crippen molar-refractivity contribution in [3.05, 3.63) is 29.8 Å². The van der Waals surface area contributed by atoms with Crippen molar-refractivity contribution in [2.24, 2.45) is 17.8 Å². The van der Waals surface area contributed by atoms with Crippen LogP contribution in [0.1, 0.15) is 72.0 Å². The summed E-state index contributed by atoms with van der Waals surface area (Å²) < 4.78 is 6.57. The van der Waals surface area contributed by atoms with Crippen LogP contribution in [0.2, 0.25) is 0 Å². The van der Waals surface area contributed by atoms with Crippen molar-refractivity contribution >= 4 is 17.5 Å². The second kappa shape index (κ2) is 8.24. The topological polar surface area (TPSA) is 67.4 Å². The third kappa shape index (κ3) is 4.57. The SMILES string of the molecule is CC(=O)Nc1ccc([C@H]2C[C@@](C)(NC(=O)C(C)C)[C@@H]3CC[C@@H](C)C[C@H]3O2)cc1. The molecule has 0 aromatic heterocycles. The van der Waals surface area contributed by atoms with Gasteiger partial charge < -0.3 is 15.4 Å². The maximum absolute atomic E-state index is 12.6. The molecular weight excluding hydrogens is 352 g/mol. The highest BCUT2D eigenvalue weighted by atomic mass is 16.5. The quantitative estimate of drug-likeness (QED) is 0.804. The lowest BCUT2D eigenvalue weighted by atomic mass is 9.66. The minimum absolute atomic E-state index is 0.0315. The van der Waals surface area contributed by atoms with E-state index in [-0.39, 0.29) is 35.5 Å². The summed E-state index contributed by atoms with van der Waals surface area (Å²) >= 11 is 0. The smallest absolute Gasteiger partial charge is 0.222 e. The van der Waals surface area contributed by atoms with Crippen LogP contribution in [0, 0.1) is 17.8 Å². The number of ether oxygens (including phenoxy) is 1. The van der Waals surface area contributed by atoms with Gasteiger partial charge in [0.25, 0.3) is 0 Å². The van der Waals surface area contributed by atoms with Crippen molar-refractivity contribution in [3.63, 3.8) is 0 Å². The molecule has 1 saturated heterocycles. The van der Waals surface area contributed by atoms with E-state index in [4.69, 9.17) is 4.74 Å². The summed E-state index contributed by atoms with van der Waals surface area (Å²) in [6.45, 7) is 9.87. The number of rotatable bonds is 4. The number of amides is 2. The van der Waals surface area contributed by atoms with E-state index in [0.29, 0.717) is 11.8 Å². The number of hydrogen-bond acceptors (Lipinski definition) is 3. The Kier molecular flexibility index (Phi) is 6.13. The molecule has 0 unspecified atom stereocenters. The van der Waals surface area contributed by atoms with Gasteiger partial charge in [-0.3, -0.25) is 9.59 Å². The fraction of sp³-hybridized carbons (Fsp3) is 0.652. The zero-order valence-corrected chi connectivity index (χ0v) is 17.7. The summed E-state index contributed by atoms with van der Waals surface area (Å²) in [5.74, 6) is 0.996. The molecule has 154 valence electrons. The Hall–Kier alpha value is -1.88. The second-order valence-electron chi connectivity index (χ2n) is 9.26.